The van der Waals surface area contributed by atoms with Crippen molar-refractivity contribution in [1.29, 1.82) is 0 Å². The second-order valence-electron chi connectivity index (χ2n) is 4.78. The van der Waals surface area contributed by atoms with Crippen LogP contribution < -0.4 is 5.32 Å². The third-order valence-electron chi connectivity index (χ3n) is 3.16. The largest absolute Gasteiger partial charge is 0.336 e. The van der Waals surface area contributed by atoms with Crippen LogP contribution in [0.1, 0.15) is 13.8 Å². The van der Waals surface area contributed by atoms with Crippen molar-refractivity contribution in [2.45, 2.75) is 25.9 Å². The van der Waals surface area contributed by atoms with Gasteiger partial charge in [0.05, 0.1) is 6.33 Å². The maximum absolute atomic E-state index is 4.05. The molecule has 0 radical (unpaired) electrons. The van der Waals surface area contributed by atoms with Crippen LogP contribution in [-0.4, -0.2) is 46.2 Å². The van der Waals surface area contributed by atoms with Gasteiger partial charge in [0, 0.05) is 50.7 Å². The van der Waals surface area contributed by atoms with Crippen LogP contribution in [0, 0.1) is 0 Å². The molecule has 2 heterocycles. The normalized spacial score (nSPS) is 21.7. The van der Waals surface area contributed by atoms with Gasteiger partial charge in [-0.05, 0) is 13.8 Å². The van der Waals surface area contributed by atoms with E-state index < -0.39 is 0 Å². The predicted molar refractivity (Wildman–Crippen MR) is 60.7 cm³/mol. The smallest absolute Gasteiger partial charge is 0.0946 e. The Labute approximate surface area is 91.3 Å². The Kier molecular flexibility index (Phi) is 3.07. The summed E-state index contributed by atoms with van der Waals surface area (Å²) in [6.07, 6.45) is 5.74. The van der Waals surface area contributed by atoms with Crippen molar-refractivity contribution in [2.75, 3.05) is 26.2 Å². The third-order valence-corrected chi connectivity index (χ3v) is 3.16. The number of imidazole rings is 1. The second-order valence-corrected chi connectivity index (χ2v) is 4.78. The van der Waals surface area contributed by atoms with Crippen LogP contribution in [0.25, 0.3) is 0 Å². The highest BCUT2D eigenvalue weighted by Crippen LogP contribution is 2.15. The Balaban J connectivity index is 1.88. The number of hydrogen-bond donors (Lipinski definition) is 1. The highest BCUT2D eigenvalue weighted by Gasteiger charge is 2.28. The molecule has 0 spiro atoms. The summed E-state index contributed by atoms with van der Waals surface area (Å²) in [6, 6.07) is 0. The van der Waals surface area contributed by atoms with Gasteiger partial charge in [0.1, 0.15) is 0 Å². The molecule has 4 heteroatoms. The van der Waals surface area contributed by atoms with Crippen molar-refractivity contribution < 1.29 is 0 Å². The molecule has 15 heavy (non-hydrogen) atoms. The lowest BCUT2D eigenvalue weighted by atomic mass is 10.0. The van der Waals surface area contributed by atoms with Crippen LogP contribution in [-0.2, 0) is 6.54 Å². The van der Waals surface area contributed by atoms with Crippen molar-refractivity contribution in [1.82, 2.24) is 19.8 Å². The molecule has 0 aromatic carbocycles. The fraction of sp³-hybridized carbons (Fsp3) is 0.727. The number of rotatable bonds is 3. The topological polar surface area (TPSA) is 33.1 Å². The Morgan fingerprint density at radius 3 is 2.93 bits per heavy atom. The van der Waals surface area contributed by atoms with Gasteiger partial charge in [-0.25, -0.2) is 4.98 Å². The first kappa shape index (κ1) is 10.6. The highest BCUT2D eigenvalue weighted by molar-refractivity contribution is 4.88. The van der Waals surface area contributed by atoms with Crippen molar-refractivity contribution >= 4 is 0 Å². The third kappa shape index (κ3) is 2.58. The van der Waals surface area contributed by atoms with E-state index in [-0.39, 0.29) is 5.54 Å². The van der Waals surface area contributed by atoms with Crippen LogP contribution in [0.5, 0.6) is 0 Å². The van der Waals surface area contributed by atoms with Gasteiger partial charge in [-0.3, -0.25) is 4.90 Å². The average Bonchev–Trinajstić information content (AvgIpc) is 2.68. The number of hydrogen-bond acceptors (Lipinski definition) is 3. The summed E-state index contributed by atoms with van der Waals surface area (Å²) in [5, 5.41) is 3.44. The predicted octanol–water partition coefficient (Wildman–Crippen LogP) is 0.567. The summed E-state index contributed by atoms with van der Waals surface area (Å²) in [5.74, 6) is 0. The Morgan fingerprint density at radius 2 is 2.27 bits per heavy atom. The van der Waals surface area contributed by atoms with Gasteiger partial charge in [0.15, 0.2) is 0 Å². The van der Waals surface area contributed by atoms with Crippen LogP contribution in [0.15, 0.2) is 18.7 Å². The minimum Gasteiger partial charge on any atom is -0.336 e. The summed E-state index contributed by atoms with van der Waals surface area (Å²) in [5.41, 5.74) is 0.277. The van der Waals surface area contributed by atoms with E-state index in [4.69, 9.17) is 0 Å². The zero-order chi connectivity index (χ0) is 10.7. The Hall–Kier alpha value is -0.870. The molecule has 84 valence electrons. The maximum Gasteiger partial charge on any atom is 0.0946 e. The van der Waals surface area contributed by atoms with Gasteiger partial charge in [-0.2, -0.15) is 0 Å². The molecule has 0 amide bonds. The molecule has 2 rings (SSSR count). The molecular weight excluding hydrogens is 188 g/mol. The molecule has 1 fully saturated rings. The minimum absolute atomic E-state index is 0.277. The molecule has 1 aromatic rings. The second kappa shape index (κ2) is 4.33. The number of piperazine rings is 1. The molecule has 1 aliphatic rings. The first-order valence-electron chi connectivity index (χ1n) is 5.60. The van der Waals surface area contributed by atoms with E-state index in [1.807, 2.05) is 18.7 Å². The first-order valence-corrected chi connectivity index (χ1v) is 5.60. The van der Waals surface area contributed by atoms with Crippen molar-refractivity contribution in [3.8, 4) is 0 Å². The summed E-state index contributed by atoms with van der Waals surface area (Å²) < 4.78 is 2.14. The van der Waals surface area contributed by atoms with Crippen LogP contribution in [0.4, 0.5) is 0 Å². The standard InChI is InChI=1S/C11H20N4/c1-11(2)9-12-4-6-15(11)8-7-14-5-3-13-10-14/h3,5,10,12H,4,6-9H2,1-2H3. The zero-order valence-electron chi connectivity index (χ0n) is 9.61. The molecule has 1 saturated heterocycles. The molecule has 0 atom stereocenters. The van der Waals surface area contributed by atoms with E-state index in [0.717, 1.165) is 32.7 Å². The number of aromatic nitrogens is 2. The quantitative estimate of drug-likeness (QED) is 0.788. The van der Waals surface area contributed by atoms with Gasteiger partial charge in [0.2, 0.25) is 0 Å². The lowest BCUT2D eigenvalue weighted by Gasteiger charge is -2.42. The van der Waals surface area contributed by atoms with Gasteiger partial charge < -0.3 is 9.88 Å². The van der Waals surface area contributed by atoms with Gasteiger partial charge in [0.25, 0.3) is 0 Å². The van der Waals surface area contributed by atoms with Crippen LogP contribution in [0.3, 0.4) is 0 Å². The van der Waals surface area contributed by atoms with Crippen LogP contribution in [0.2, 0.25) is 0 Å². The van der Waals surface area contributed by atoms with Gasteiger partial charge in [-0.15, -0.1) is 0 Å². The molecule has 0 unspecified atom stereocenters. The van der Waals surface area contributed by atoms with Gasteiger partial charge in [-0.1, -0.05) is 0 Å². The van der Waals surface area contributed by atoms with E-state index in [0.29, 0.717) is 0 Å². The van der Waals surface area contributed by atoms with E-state index >= 15 is 0 Å². The van der Waals surface area contributed by atoms with E-state index in [1.165, 1.54) is 0 Å². The van der Waals surface area contributed by atoms with Crippen molar-refractivity contribution in [3.05, 3.63) is 18.7 Å². The molecule has 1 N–H and O–H groups in total. The van der Waals surface area contributed by atoms with Gasteiger partial charge >= 0.3 is 0 Å². The lowest BCUT2D eigenvalue weighted by molar-refractivity contribution is 0.0867. The molecule has 1 aromatic heterocycles. The van der Waals surface area contributed by atoms with E-state index in [9.17, 15) is 0 Å². The monoisotopic (exact) mass is 208 g/mol. The lowest BCUT2D eigenvalue weighted by Crippen LogP contribution is -2.58. The minimum atomic E-state index is 0.277. The summed E-state index contributed by atoms with van der Waals surface area (Å²) in [4.78, 5) is 6.60. The van der Waals surface area contributed by atoms with E-state index in [2.05, 4.69) is 33.6 Å². The SMILES string of the molecule is CC1(C)CNCCN1CCn1ccnc1. The van der Waals surface area contributed by atoms with Crippen molar-refractivity contribution in [3.63, 3.8) is 0 Å². The fourth-order valence-electron chi connectivity index (χ4n) is 2.09. The first-order chi connectivity index (χ1) is 7.18. The molecule has 4 nitrogen and oxygen atoms in total. The average molecular weight is 208 g/mol. The Morgan fingerprint density at radius 1 is 1.40 bits per heavy atom. The maximum atomic E-state index is 4.05. The molecule has 1 aliphatic heterocycles. The molecule has 0 aliphatic carbocycles. The number of nitrogens with one attached hydrogen (secondary N) is 1. The fourth-order valence-corrected chi connectivity index (χ4v) is 2.09. The summed E-state index contributed by atoms with van der Waals surface area (Å²) >= 11 is 0. The Bertz CT molecular complexity index is 292. The molecule has 0 saturated carbocycles. The summed E-state index contributed by atoms with van der Waals surface area (Å²) in [6.45, 7) is 10.1. The zero-order valence-corrected chi connectivity index (χ0v) is 9.61. The number of nitrogens with zero attached hydrogens (tertiary/aromatic N) is 3. The molecule has 0 bridgehead atoms. The highest BCUT2D eigenvalue weighted by atomic mass is 15.3. The molecular formula is C11H20N4. The summed E-state index contributed by atoms with van der Waals surface area (Å²) in [7, 11) is 0. The van der Waals surface area contributed by atoms with Crippen molar-refractivity contribution in [2.24, 2.45) is 0 Å². The van der Waals surface area contributed by atoms with Crippen LogP contribution >= 0.6 is 0 Å². The van der Waals surface area contributed by atoms with E-state index in [1.54, 1.807) is 0 Å².